The van der Waals surface area contributed by atoms with Crippen LogP contribution in [0.1, 0.15) is 41.6 Å². The molecule has 8 heteroatoms. The fourth-order valence-corrected chi connectivity index (χ4v) is 6.07. The van der Waals surface area contributed by atoms with Crippen molar-refractivity contribution in [3.63, 3.8) is 0 Å². The molecule has 0 saturated heterocycles. The fourth-order valence-electron chi connectivity index (χ4n) is 4.54. The number of halogens is 1. The molecule has 1 aromatic heterocycles. The van der Waals surface area contributed by atoms with Gasteiger partial charge in [0.15, 0.2) is 4.80 Å². The highest BCUT2D eigenvalue weighted by Crippen LogP contribution is 2.32. The number of hydrogen-bond donors (Lipinski definition) is 0. The van der Waals surface area contributed by atoms with E-state index in [0.717, 1.165) is 21.2 Å². The number of carbonyl (C=O) groups excluding carboxylic acids is 1. The van der Waals surface area contributed by atoms with Crippen molar-refractivity contribution in [3.8, 4) is 5.75 Å². The first-order valence-corrected chi connectivity index (χ1v) is 14.2. The van der Waals surface area contributed by atoms with Crippen molar-refractivity contribution in [3.05, 3.63) is 130 Å². The summed E-state index contributed by atoms with van der Waals surface area (Å²) in [4.78, 5) is 31.9. The normalized spacial score (nSPS) is 15.1. The highest BCUT2D eigenvalue weighted by molar-refractivity contribution is 9.10. The zero-order valence-corrected chi connectivity index (χ0v) is 24.2. The van der Waals surface area contributed by atoms with E-state index >= 15 is 0 Å². The Morgan fingerprint density at radius 1 is 1.10 bits per heavy atom. The molecule has 4 aromatic rings. The molecule has 0 N–H and O–H groups in total. The lowest BCUT2D eigenvalue weighted by molar-refractivity contribution is -0.136. The number of aromatic nitrogens is 1. The summed E-state index contributed by atoms with van der Waals surface area (Å²) in [6, 6.07) is 22.9. The van der Waals surface area contributed by atoms with Gasteiger partial charge in [-0.3, -0.25) is 9.36 Å². The number of hydrogen-bond acceptors (Lipinski definition) is 6. The standard InChI is InChI=1S/C31H27BrN2O4S/c1-4-24-27(30(36)37-3)28(22-8-6-5-7-9-22)34-29(35)26(39-31(34)33-24)17-21-14-15-25(23(32)16-21)38-18-20-12-10-19(2)11-13-20/h5-17,28H,4,18H2,1-3H3/b26-17-/t28-/m0/s1. The number of rotatable bonds is 7. The topological polar surface area (TPSA) is 69.9 Å². The van der Waals surface area contributed by atoms with Crippen LogP contribution in [0.3, 0.4) is 0 Å². The predicted octanol–water partition coefficient (Wildman–Crippen LogP) is 5.45. The maximum Gasteiger partial charge on any atom is 0.338 e. The molecule has 1 aliphatic rings. The number of allylic oxidation sites excluding steroid dienone is 1. The highest BCUT2D eigenvalue weighted by atomic mass is 79.9. The average molecular weight is 604 g/mol. The molecule has 1 aliphatic heterocycles. The van der Waals surface area contributed by atoms with E-state index < -0.39 is 12.0 Å². The molecule has 6 nitrogen and oxygen atoms in total. The number of aryl methyl sites for hydroxylation is 1. The van der Waals surface area contributed by atoms with Crippen LogP contribution in [-0.4, -0.2) is 17.6 Å². The summed E-state index contributed by atoms with van der Waals surface area (Å²) in [5, 5.41) is 0. The van der Waals surface area contributed by atoms with Gasteiger partial charge in [-0.15, -0.1) is 0 Å². The summed E-state index contributed by atoms with van der Waals surface area (Å²) < 4.78 is 14.0. The van der Waals surface area contributed by atoms with Crippen LogP contribution in [0.4, 0.5) is 0 Å². The molecule has 0 radical (unpaired) electrons. The van der Waals surface area contributed by atoms with Crippen LogP contribution in [0.15, 0.2) is 98.3 Å². The first-order chi connectivity index (χ1) is 18.9. The van der Waals surface area contributed by atoms with Gasteiger partial charge in [0.05, 0.1) is 33.4 Å². The van der Waals surface area contributed by atoms with Gasteiger partial charge in [-0.2, -0.15) is 0 Å². The maximum atomic E-state index is 13.8. The van der Waals surface area contributed by atoms with E-state index in [1.54, 1.807) is 4.57 Å². The first-order valence-electron chi connectivity index (χ1n) is 12.6. The molecule has 0 amide bonds. The minimum Gasteiger partial charge on any atom is -0.488 e. The summed E-state index contributed by atoms with van der Waals surface area (Å²) in [7, 11) is 1.35. The molecule has 0 spiro atoms. The van der Waals surface area contributed by atoms with Crippen LogP contribution in [0.2, 0.25) is 0 Å². The Hall–Kier alpha value is -3.75. The van der Waals surface area contributed by atoms with E-state index in [-0.39, 0.29) is 5.56 Å². The number of benzene rings is 3. The number of methoxy groups -OCH3 is 1. The quantitative estimate of drug-likeness (QED) is 0.264. The molecule has 1 atom stereocenters. The lowest BCUT2D eigenvalue weighted by Crippen LogP contribution is -2.40. The molecule has 0 bridgehead atoms. The van der Waals surface area contributed by atoms with Crippen LogP contribution < -0.4 is 19.6 Å². The minimum atomic E-state index is -0.615. The number of esters is 1. The summed E-state index contributed by atoms with van der Waals surface area (Å²) in [6.07, 6.45) is 2.38. The number of thiazole rings is 1. The van der Waals surface area contributed by atoms with Crippen LogP contribution >= 0.6 is 27.3 Å². The van der Waals surface area contributed by atoms with E-state index in [9.17, 15) is 9.59 Å². The monoisotopic (exact) mass is 602 g/mol. The smallest absolute Gasteiger partial charge is 0.338 e. The van der Waals surface area contributed by atoms with Gasteiger partial charge in [0.1, 0.15) is 12.4 Å². The van der Waals surface area contributed by atoms with Crippen LogP contribution in [0, 0.1) is 6.92 Å². The second-order valence-electron chi connectivity index (χ2n) is 9.16. The Morgan fingerprint density at radius 3 is 2.51 bits per heavy atom. The third-order valence-electron chi connectivity index (χ3n) is 6.53. The average Bonchev–Trinajstić information content (AvgIpc) is 3.26. The lowest BCUT2D eigenvalue weighted by Gasteiger charge is -2.25. The Balaban J connectivity index is 1.53. The van der Waals surface area contributed by atoms with Gasteiger partial charge in [-0.25, -0.2) is 9.79 Å². The molecule has 0 unspecified atom stereocenters. The van der Waals surface area contributed by atoms with E-state index in [4.69, 9.17) is 14.5 Å². The summed E-state index contributed by atoms with van der Waals surface area (Å²) in [5.41, 5.74) is 4.77. The summed E-state index contributed by atoms with van der Waals surface area (Å²) >= 11 is 4.92. The van der Waals surface area contributed by atoms with Gasteiger partial charge in [-0.1, -0.05) is 84.5 Å². The molecular weight excluding hydrogens is 576 g/mol. The van der Waals surface area contributed by atoms with Gasteiger partial charge < -0.3 is 9.47 Å². The van der Waals surface area contributed by atoms with Gasteiger partial charge in [0, 0.05) is 0 Å². The molecule has 5 rings (SSSR count). The van der Waals surface area contributed by atoms with Crippen molar-refractivity contribution < 1.29 is 14.3 Å². The summed E-state index contributed by atoms with van der Waals surface area (Å²) in [5.74, 6) is 0.234. The second-order valence-corrected chi connectivity index (χ2v) is 11.0. The molecule has 3 aromatic carbocycles. The van der Waals surface area contributed by atoms with Gasteiger partial charge >= 0.3 is 5.97 Å². The minimum absolute atomic E-state index is 0.208. The SMILES string of the molecule is CCC1=C(C(=O)OC)[C@H](c2ccccc2)n2c(s/c(=C\c3ccc(OCc4ccc(C)cc4)c(Br)c3)c2=O)=N1. The largest absolute Gasteiger partial charge is 0.488 e. The van der Waals surface area contributed by atoms with Crippen molar-refractivity contribution in [2.24, 2.45) is 4.99 Å². The molecule has 0 saturated carbocycles. The van der Waals surface area contributed by atoms with Crippen LogP contribution in [0.25, 0.3) is 6.08 Å². The van der Waals surface area contributed by atoms with E-state index in [0.29, 0.717) is 39.4 Å². The Morgan fingerprint density at radius 2 is 1.85 bits per heavy atom. The van der Waals surface area contributed by atoms with Crippen LogP contribution in [-0.2, 0) is 16.1 Å². The third kappa shape index (κ3) is 5.53. The van der Waals surface area contributed by atoms with E-state index in [1.807, 2.05) is 61.5 Å². The Bertz CT molecular complexity index is 1740. The van der Waals surface area contributed by atoms with Gasteiger partial charge in [0.25, 0.3) is 5.56 Å². The number of fused-ring (bicyclic) bond motifs is 1. The maximum absolute atomic E-state index is 13.8. The first kappa shape index (κ1) is 26.8. The molecule has 198 valence electrons. The zero-order chi connectivity index (χ0) is 27.5. The zero-order valence-electron chi connectivity index (χ0n) is 21.8. The predicted molar refractivity (Wildman–Crippen MR) is 156 cm³/mol. The van der Waals surface area contributed by atoms with E-state index in [1.165, 1.54) is 24.0 Å². The highest BCUT2D eigenvalue weighted by Gasteiger charge is 2.33. The Labute approximate surface area is 238 Å². The van der Waals surface area contributed by atoms with Crippen molar-refractivity contribution in [1.82, 2.24) is 4.57 Å². The lowest BCUT2D eigenvalue weighted by atomic mass is 9.95. The molecule has 2 heterocycles. The summed E-state index contributed by atoms with van der Waals surface area (Å²) in [6.45, 7) is 4.45. The van der Waals surface area contributed by atoms with Crippen LogP contribution in [0.5, 0.6) is 5.75 Å². The van der Waals surface area contributed by atoms with Gasteiger partial charge in [-0.05, 0) is 64.2 Å². The third-order valence-corrected chi connectivity index (χ3v) is 8.14. The molecule has 0 aliphatic carbocycles. The second kappa shape index (κ2) is 11.6. The molecule has 39 heavy (non-hydrogen) atoms. The van der Waals surface area contributed by atoms with Crippen molar-refractivity contribution in [2.45, 2.75) is 32.9 Å². The molecular formula is C31H27BrN2O4S. The number of ether oxygens (including phenoxy) is 2. The fraction of sp³-hybridized carbons (Fsp3) is 0.194. The van der Waals surface area contributed by atoms with E-state index in [2.05, 4.69) is 47.1 Å². The molecule has 0 fully saturated rings. The van der Waals surface area contributed by atoms with Crippen molar-refractivity contribution in [2.75, 3.05) is 7.11 Å². The van der Waals surface area contributed by atoms with Gasteiger partial charge in [0.2, 0.25) is 0 Å². The van der Waals surface area contributed by atoms with Crippen molar-refractivity contribution >= 4 is 39.3 Å². The number of carbonyl (C=O) groups is 1. The van der Waals surface area contributed by atoms with Crippen molar-refractivity contribution in [1.29, 1.82) is 0 Å². The number of nitrogens with zero attached hydrogens (tertiary/aromatic N) is 2. The Kier molecular flexibility index (Phi) is 7.95.